The van der Waals surface area contributed by atoms with E-state index in [-0.39, 0.29) is 0 Å². The second-order valence-electron chi connectivity index (χ2n) is 2.49. The molecule has 0 radical (unpaired) electrons. The standard InChI is InChI=1S/C9H9ClN2/c1-6-7(5-11)3-8(12-2)4-9(6)10/h3-4,12H,1-2H3. The van der Waals surface area contributed by atoms with E-state index in [2.05, 4.69) is 11.4 Å². The highest BCUT2D eigenvalue weighted by Crippen LogP contribution is 2.23. The Hall–Kier alpha value is -1.20. The predicted molar refractivity (Wildman–Crippen MR) is 50.5 cm³/mol. The minimum atomic E-state index is 0.617. The van der Waals surface area contributed by atoms with Crippen LogP contribution >= 0.6 is 11.6 Å². The first kappa shape index (κ1) is 8.89. The molecule has 62 valence electrons. The zero-order valence-corrected chi connectivity index (χ0v) is 7.74. The van der Waals surface area contributed by atoms with Gasteiger partial charge in [-0.1, -0.05) is 11.6 Å². The third kappa shape index (κ3) is 1.51. The Morgan fingerprint density at radius 3 is 2.67 bits per heavy atom. The summed E-state index contributed by atoms with van der Waals surface area (Å²) >= 11 is 5.89. The van der Waals surface area contributed by atoms with Crippen molar-refractivity contribution in [3.63, 3.8) is 0 Å². The molecule has 0 heterocycles. The van der Waals surface area contributed by atoms with Gasteiger partial charge < -0.3 is 5.32 Å². The van der Waals surface area contributed by atoms with Crippen LogP contribution in [0.15, 0.2) is 12.1 Å². The molecule has 0 saturated heterocycles. The zero-order chi connectivity index (χ0) is 9.14. The van der Waals surface area contributed by atoms with Gasteiger partial charge in [0.1, 0.15) is 0 Å². The fourth-order valence-corrected chi connectivity index (χ4v) is 1.16. The first-order valence-electron chi connectivity index (χ1n) is 3.57. The van der Waals surface area contributed by atoms with Crippen LogP contribution in [0.3, 0.4) is 0 Å². The molecule has 0 saturated carbocycles. The van der Waals surface area contributed by atoms with E-state index < -0.39 is 0 Å². The quantitative estimate of drug-likeness (QED) is 0.721. The Balaban J connectivity index is 3.31. The first-order valence-corrected chi connectivity index (χ1v) is 3.95. The van der Waals surface area contributed by atoms with Gasteiger partial charge >= 0.3 is 0 Å². The van der Waals surface area contributed by atoms with E-state index >= 15 is 0 Å². The van der Waals surface area contributed by atoms with Crippen molar-refractivity contribution < 1.29 is 0 Å². The number of benzene rings is 1. The summed E-state index contributed by atoms with van der Waals surface area (Å²) in [6.07, 6.45) is 0. The summed E-state index contributed by atoms with van der Waals surface area (Å²) in [5, 5.41) is 12.3. The summed E-state index contributed by atoms with van der Waals surface area (Å²) in [6, 6.07) is 5.67. The third-order valence-corrected chi connectivity index (χ3v) is 2.15. The van der Waals surface area contributed by atoms with Gasteiger partial charge in [0.15, 0.2) is 0 Å². The van der Waals surface area contributed by atoms with Crippen LogP contribution in [0.4, 0.5) is 5.69 Å². The molecule has 3 heteroatoms. The normalized spacial score (nSPS) is 9.17. The molecule has 0 bridgehead atoms. The summed E-state index contributed by atoms with van der Waals surface area (Å²) < 4.78 is 0. The average Bonchev–Trinajstić information content (AvgIpc) is 2.09. The van der Waals surface area contributed by atoms with Crippen molar-refractivity contribution >= 4 is 17.3 Å². The number of nitrogens with one attached hydrogen (secondary N) is 1. The van der Waals surface area contributed by atoms with E-state index in [1.165, 1.54) is 0 Å². The summed E-state index contributed by atoms with van der Waals surface area (Å²) in [4.78, 5) is 0. The van der Waals surface area contributed by atoms with Crippen LogP contribution in [0.5, 0.6) is 0 Å². The molecule has 1 rings (SSSR count). The van der Waals surface area contributed by atoms with Crippen molar-refractivity contribution in [3.8, 4) is 6.07 Å². The van der Waals surface area contributed by atoms with E-state index in [1.807, 2.05) is 6.92 Å². The molecule has 1 aromatic rings. The lowest BCUT2D eigenvalue weighted by Crippen LogP contribution is -1.91. The van der Waals surface area contributed by atoms with Gasteiger partial charge in [0.25, 0.3) is 0 Å². The van der Waals surface area contributed by atoms with Crippen LogP contribution in [0.25, 0.3) is 0 Å². The number of hydrogen-bond acceptors (Lipinski definition) is 2. The Morgan fingerprint density at radius 1 is 1.50 bits per heavy atom. The van der Waals surface area contributed by atoms with Crippen molar-refractivity contribution in [2.75, 3.05) is 12.4 Å². The van der Waals surface area contributed by atoms with Gasteiger partial charge in [-0.15, -0.1) is 0 Å². The molecular formula is C9H9ClN2. The topological polar surface area (TPSA) is 35.8 Å². The average molecular weight is 181 g/mol. The van der Waals surface area contributed by atoms with E-state index in [0.717, 1.165) is 11.3 Å². The third-order valence-electron chi connectivity index (χ3n) is 1.75. The number of anilines is 1. The minimum absolute atomic E-state index is 0.617. The van der Waals surface area contributed by atoms with Gasteiger partial charge in [-0.25, -0.2) is 0 Å². The highest BCUT2D eigenvalue weighted by molar-refractivity contribution is 6.31. The van der Waals surface area contributed by atoms with Crippen molar-refractivity contribution in [2.45, 2.75) is 6.92 Å². The zero-order valence-electron chi connectivity index (χ0n) is 6.98. The number of halogens is 1. The summed E-state index contributed by atoms with van der Waals surface area (Å²) in [7, 11) is 1.79. The maximum Gasteiger partial charge on any atom is 0.0995 e. The maximum atomic E-state index is 8.73. The molecule has 2 nitrogen and oxygen atoms in total. The van der Waals surface area contributed by atoms with Crippen molar-refractivity contribution in [1.29, 1.82) is 5.26 Å². The number of nitriles is 1. The molecule has 0 fully saturated rings. The molecule has 0 aromatic heterocycles. The highest BCUT2D eigenvalue weighted by Gasteiger charge is 2.03. The van der Waals surface area contributed by atoms with Gasteiger partial charge in [-0.3, -0.25) is 0 Å². The monoisotopic (exact) mass is 180 g/mol. The van der Waals surface area contributed by atoms with Gasteiger partial charge in [0.05, 0.1) is 11.6 Å². The van der Waals surface area contributed by atoms with Crippen LogP contribution in [0.2, 0.25) is 5.02 Å². The lowest BCUT2D eigenvalue weighted by Gasteiger charge is -2.04. The smallest absolute Gasteiger partial charge is 0.0995 e. The molecule has 0 aliphatic carbocycles. The molecule has 1 aromatic carbocycles. The Kier molecular flexibility index (Phi) is 2.57. The fraction of sp³-hybridized carbons (Fsp3) is 0.222. The van der Waals surface area contributed by atoms with Gasteiger partial charge in [-0.05, 0) is 24.6 Å². The van der Waals surface area contributed by atoms with E-state index in [9.17, 15) is 0 Å². The van der Waals surface area contributed by atoms with Crippen LogP contribution in [-0.4, -0.2) is 7.05 Å². The van der Waals surface area contributed by atoms with Gasteiger partial charge in [-0.2, -0.15) is 5.26 Å². The predicted octanol–water partition coefficient (Wildman–Crippen LogP) is 2.56. The largest absolute Gasteiger partial charge is 0.388 e. The molecule has 0 unspecified atom stereocenters. The van der Waals surface area contributed by atoms with Crippen LogP contribution in [0.1, 0.15) is 11.1 Å². The maximum absolute atomic E-state index is 8.73. The van der Waals surface area contributed by atoms with Crippen molar-refractivity contribution in [2.24, 2.45) is 0 Å². The summed E-state index contributed by atoms with van der Waals surface area (Å²) in [5.41, 5.74) is 2.31. The van der Waals surface area contributed by atoms with E-state index in [1.54, 1.807) is 19.2 Å². The first-order chi connectivity index (χ1) is 5.69. The van der Waals surface area contributed by atoms with E-state index in [4.69, 9.17) is 16.9 Å². The molecule has 0 amide bonds. The summed E-state index contributed by atoms with van der Waals surface area (Å²) in [6.45, 7) is 1.83. The SMILES string of the molecule is CNc1cc(Cl)c(C)c(C#N)c1. The van der Waals surface area contributed by atoms with Gasteiger partial charge in [0, 0.05) is 17.8 Å². The van der Waals surface area contributed by atoms with E-state index in [0.29, 0.717) is 10.6 Å². The van der Waals surface area contributed by atoms with Crippen LogP contribution in [0, 0.1) is 18.3 Å². The Labute approximate surface area is 76.8 Å². The number of hydrogen-bond donors (Lipinski definition) is 1. The molecular weight excluding hydrogens is 172 g/mol. The second-order valence-corrected chi connectivity index (χ2v) is 2.90. The van der Waals surface area contributed by atoms with Crippen LogP contribution in [-0.2, 0) is 0 Å². The molecule has 0 atom stereocenters. The minimum Gasteiger partial charge on any atom is -0.388 e. The van der Waals surface area contributed by atoms with Crippen LogP contribution < -0.4 is 5.32 Å². The molecule has 12 heavy (non-hydrogen) atoms. The number of nitrogens with zero attached hydrogens (tertiary/aromatic N) is 1. The van der Waals surface area contributed by atoms with Crippen molar-refractivity contribution in [1.82, 2.24) is 0 Å². The lowest BCUT2D eigenvalue weighted by molar-refractivity contribution is 1.38. The Morgan fingerprint density at radius 2 is 2.17 bits per heavy atom. The Bertz CT molecular complexity index is 339. The molecule has 1 N–H and O–H groups in total. The highest BCUT2D eigenvalue weighted by atomic mass is 35.5. The summed E-state index contributed by atoms with van der Waals surface area (Å²) in [5.74, 6) is 0. The molecule has 0 aliphatic rings. The fourth-order valence-electron chi connectivity index (χ4n) is 0.939. The second kappa shape index (κ2) is 3.46. The number of rotatable bonds is 1. The van der Waals surface area contributed by atoms with Crippen molar-refractivity contribution in [3.05, 3.63) is 28.3 Å². The lowest BCUT2D eigenvalue weighted by atomic mass is 10.1. The molecule has 0 aliphatic heterocycles. The molecule has 0 spiro atoms. The van der Waals surface area contributed by atoms with Gasteiger partial charge in [0.2, 0.25) is 0 Å².